The molecule has 0 spiro atoms. The molecular formula is C13H17ClN2O3. The van der Waals surface area contributed by atoms with Gasteiger partial charge in [-0.25, -0.2) is 4.79 Å². The van der Waals surface area contributed by atoms with Crippen LogP contribution in [0.1, 0.15) is 31.9 Å². The second-order valence-corrected chi connectivity index (χ2v) is 4.79. The Morgan fingerprint density at radius 2 is 1.89 bits per heavy atom. The molecule has 0 fully saturated rings. The molecule has 104 valence electrons. The van der Waals surface area contributed by atoms with Gasteiger partial charge in [0.25, 0.3) is 0 Å². The van der Waals surface area contributed by atoms with Crippen molar-refractivity contribution in [1.82, 2.24) is 5.32 Å². The highest BCUT2D eigenvalue weighted by molar-refractivity contribution is 6.30. The minimum Gasteiger partial charge on any atom is -0.463 e. The third-order valence-corrected chi connectivity index (χ3v) is 2.58. The van der Waals surface area contributed by atoms with Gasteiger partial charge >= 0.3 is 12.0 Å². The van der Waals surface area contributed by atoms with Gasteiger partial charge in [0.05, 0.1) is 18.6 Å². The first kappa shape index (κ1) is 15.3. The number of hydrogen-bond acceptors (Lipinski definition) is 3. The monoisotopic (exact) mass is 284 g/mol. The molecule has 2 amide bonds. The molecule has 1 aromatic rings. The maximum atomic E-state index is 11.6. The van der Waals surface area contributed by atoms with E-state index in [9.17, 15) is 9.59 Å². The van der Waals surface area contributed by atoms with Crippen LogP contribution in [0.15, 0.2) is 24.3 Å². The van der Waals surface area contributed by atoms with E-state index < -0.39 is 18.0 Å². The number of carbonyl (C=O) groups excluding carboxylic acids is 2. The molecule has 6 heteroatoms. The number of urea groups is 1. The largest absolute Gasteiger partial charge is 0.463 e. The van der Waals surface area contributed by atoms with Crippen molar-refractivity contribution >= 4 is 23.6 Å². The van der Waals surface area contributed by atoms with E-state index in [4.69, 9.17) is 22.1 Å². The molecule has 0 aliphatic heterocycles. The fourth-order valence-electron chi connectivity index (χ4n) is 1.60. The van der Waals surface area contributed by atoms with Crippen LogP contribution in [0, 0.1) is 0 Å². The third-order valence-electron chi connectivity index (χ3n) is 2.33. The summed E-state index contributed by atoms with van der Waals surface area (Å²) in [4.78, 5) is 22.6. The molecule has 0 aromatic heterocycles. The summed E-state index contributed by atoms with van der Waals surface area (Å²) < 4.78 is 5.05. The minimum absolute atomic E-state index is 0.0166. The molecule has 0 saturated heterocycles. The predicted octanol–water partition coefficient (Wildman–Crippen LogP) is 2.39. The van der Waals surface area contributed by atoms with Gasteiger partial charge in [-0.05, 0) is 31.5 Å². The van der Waals surface area contributed by atoms with Gasteiger partial charge in [-0.1, -0.05) is 23.7 Å². The van der Waals surface area contributed by atoms with Gasteiger partial charge in [0.1, 0.15) is 0 Å². The zero-order chi connectivity index (χ0) is 14.4. The number of nitrogens with one attached hydrogen (secondary N) is 1. The molecule has 5 nitrogen and oxygen atoms in total. The Bertz CT molecular complexity index is 446. The summed E-state index contributed by atoms with van der Waals surface area (Å²) in [6.07, 6.45) is -0.185. The van der Waals surface area contributed by atoms with Crippen molar-refractivity contribution in [2.45, 2.75) is 32.4 Å². The first-order valence-corrected chi connectivity index (χ1v) is 6.27. The summed E-state index contributed by atoms with van der Waals surface area (Å²) in [6.45, 7) is 3.52. The van der Waals surface area contributed by atoms with Crippen LogP contribution in [0.25, 0.3) is 0 Å². The van der Waals surface area contributed by atoms with E-state index in [2.05, 4.69) is 5.32 Å². The molecule has 1 rings (SSSR count). The highest BCUT2D eigenvalue weighted by atomic mass is 35.5. The average Bonchev–Trinajstić information content (AvgIpc) is 2.27. The van der Waals surface area contributed by atoms with Crippen LogP contribution in [-0.2, 0) is 9.53 Å². The van der Waals surface area contributed by atoms with Crippen LogP contribution in [0.3, 0.4) is 0 Å². The summed E-state index contributed by atoms with van der Waals surface area (Å²) in [7, 11) is 0. The number of hydrogen-bond donors (Lipinski definition) is 2. The van der Waals surface area contributed by atoms with Crippen LogP contribution in [-0.4, -0.2) is 18.1 Å². The molecule has 0 heterocycles. The van der Waals surface area contributed by atoms with Crippen molar-refractivity contribution in [3.05, 3.63) is 34.9 Å². The number of amides is 2. The van der Waals surface area contributed by atoms with Gasteiger partial charge in [-0.3, -0.25) is 4.79 Å². The Balaban J connectivity index is 2.79. The number of halogens is 1. The number of ether oxygens (including phenoxy) is 1. The topological polar surface area (TPSA) is 81.4 Å². The summed E-state index contributed by atoms with van der Waals surface area (Å²) in [6, 6.07) is 5.59. The Morgan fingerprint density at radius 3 is 2.37 bits per heavy atom. The third kappa shape index (κ3) is 5.61. The van der Waals surface area contributed by atoms with Gasteiger partial charge < -0.3 is 15.8 Å². The number of esters is 1. The van der Waals surface area contributed by atoms with Gasteiger partial charge in [0.2, 0.25) is 0 Å². The number of primary amides is 1. The van der Waals surface area contributed by atoms with Crippen LogP contribution in [0.5, 0.6) is 0 Å². The molecule has 0 bridgehead atoms. The Kier molecular flexibility index (Phi) is 5.63. The minimum atomic E-state index is -0.697. The van der Waals surface area contributed by atoms with Gasteiger partial charge in [-0.15, -0.1) is 0 Å². The lowest BCUT2D eigenvalue weighted by Gasteiger charge is -2.18. The molecule has 0 aliphatic rings. The highest BCUT2D eigenvalue weighted by Gasteiger charge is 2.19. The van der Waals surface area contributed by atoms with Crippen molar-refractivity contribution in [3.8, 4) is 0 Å². The van der Waals surface area contributed by atoms with E-state index in [-0.39, 0.29) is 12.5 Å². The number of carbonyl (C=O) groups is 2. The maximum absolute atomic E-state index is 11.6. The van der Waals surface area contributed by atoms with Crippen LogP contribution in [0.4, 0.5) is 4.79 Å². The van der Waals surface area contributed by atoms with Gasteiger partial charge in [0, 0.05) is 5.02 Å². The summed E-state index contributed by atoms with van der Waals surface area (Å²) in [5.41, 5.74) is 5.85. The second kappa shape index (κ2) is 6.99. The molecule has 0 radical (unpaired) electrons. The normalized spacial score (nSPS) is 12.0. The van der Waals surface area contributed by atoms with Crippen molar-refractivity contribution in [2.24, 2.45) is 5.73 Å². The van der Waals surface area contributed by atoms with E-state index >= 15 is 0 Å². The van der Waals surface area contributed by atoms with Crippen LogP contribution in [0.2, 0.25) is 5.02 Å². The fraction of sp³-hybridized carbons (Fsp3) is 0.385. The molecule has 0 saturated carbocycles. The SMILES string of the molecule is CC(C)OC(=O)CC(NC(N)=O)c1ccc(Cl)cc1. The lowest BCUT2D eigenvalue weighted by molar-refractivity contribution is -0.147. The number of nitrogens with two attached hydrogens (primary N) is 1. The molecule has 3 N–H and O–H groups in total. The molecule has 1 atom stereocenters. The molecular weight excluding hydrogens is 268 g/mol. The lowest BCUT2D eigenvalue weighted by atomic mass is 10.0. The summed E-state index contributed by atoms with van der Waals surface area (Å²) in [5, 5.41) is 3.09. The fourth-order valence-corrected chi connectivity index (χ4v) is 1.72. The molecule has 1 aromatic carbocycles. The van der Waals surface area contributed by atoms with E-state index in [0.717, 1.165) is 5.56 Å². The number of rotatable bonds is 5. The van der Waals surface area contributed by atoms with Gasteiger partial charge in [0.15, 0.2) is 0 Å². The quantitative estimate of drug-likeness (QED) is 0.815. The Morgan fingerprint density at radius 1 is 1.32 bits per heavy atom. The average molecular weight is 285 g/mol. The summed E-state index contributed by atoms with van der Waals surface area (Å²) >= 11 is 5.79. The zero-order valence-corrected chi connectivity index (χ0v) is 11.6. The van der Waals surface area contributed by atoms with Crippen molar-refractivity contribution in [3.63, 3.8) is 0 Å². The van der Waals surface area contributed by atoms with E-state index in [1.54, 1.807) is 38.1 Å². The first-order valence-electron chi connectivity index (χ1n) is 5.89. The predicted molar refractivity (Wildman–Crippen MR) is 72.8 cm³/mol. The van der Waals surface area contributed by atoms with Crippen molar-refractivity contribution in [1.29, 1.82) is 0 Å². The van der Waals surface area contributed by atoms with Crippen LogP contribution < -0.4 is 11.1 Å². The van der Waals surface area contributed by atoms with Crippen molar-refractivity contribution in [2.75, 3.05) is 0 Å². The van der Waals surface area contributed by atoms with Gasteiger partial charge in [-0.2, -0.15) is 0 Å². The highest BCUT2D eigenvalue weighted by Crippen LogP contribution is 2.20. The molecule has 0 aliphatic carbocycles. The Labute approximate surface area is 117 Å². The number of benzene rings is 1. The second-order valence-electron chi connectivity index (χ2n) is 4.36. The standard InChI is InChI=1S/C13H17ClN2O3/c1-8(2)19-12(17)7-11(16-13(15)18)9-3-5-10(14)6-4-9/h3-6,8,11H,7H2,1-2H3,(H3,15,16,18). The zero-order valence-electron chi connectivity index (χ0n) is 10.9. The van der Waals surface area contributed by atoms with E-state index in [1.807, 2.05) is 0 Å². The van der Waals surface area contributed by atoms with E-state index in [1.165, 1.54) is 0 Å². The lowest BCUT2D eigenvalue weighted by Crippen LogP contribution is -2.34. The first-order chi connectivity index (χ1) is 8.88. The maximum Gasteiger partial charge on any atom is 0.312 e. The molecule has 19 heavy (non-hydrogen) atoms. The smallest absolute Gasteiger partial charge is 0.312 e. The molecule has 1 unspecified atom stereocenters. The van der Waals surface area contributed by atoms with E-state index in [0.29, 0.717) is 5.02 Å². The Hall–Kier alpha value is -1.75. The van der Waals surface area contributed by atoms with Crippen LogP contribution >= 0.6 is 11.6 Å². The van der Waals surface area contributed by atoms with Crippen molar-refractivity contribution < 1.29 is 14.3 Å². The summed E-state index contributed by atoms with van der Waals surface area (Å²) in [5.74, 6) is -0.399.